The molecule has 6 heteroatoms. The van der Waals surface area contributed by atoms with Crippen LogP contribution in [-0.4, -0.2) is 49.8 Å². The molecule has 0 aromatic heterocycles. The zero-order valence-corrected chi connectivity index (χ0v) is 12.4. The lowest BCUT2D eigenvalue weighted by Crippen LogP contribution is -2.49. The molecule has 110 valence electrons. The number of nitrogens with zero attached hydrogens (tertiary/aromatic N) is 2. The van der Waals surface area contributed by atoms with Gasteiger partial charge in [0.1, 0.15) is 5.82 Å². The third-order valence-electron chi connectivity index (χ3n) is 4.10. The maximum absolute atomic E-state index is 13.3. The van der Waals surface area contributed by atoms with Gasteiger partial charge in [0.25, 0.3) is 0 Å². The van der Waals surface area contributed by atoms with Crippen LogP contribution in [0.25, 0.3) is 0 Å². The Morgan fingerprint density at radius 3 is 2.35 bits per heavy atom. The zero-order valence-electron chi connectivity index (χ0n) is 11.5. The van der Waals surface area contributed by atoms with Crippen molar-refractivity contribution in [3.8, 4) is 0 Å². The minimum absolute atomic E-state index is 0.191. The van der Waals surface area contributed by atoms with E-state index in [4.69, 9.17) is 0 Å². The molecule has 0 spiro atoms. The van der Waals surface area contributed by atoms with Crippen LogP contribution in [0.15, 0.2) is 23.1 Å². The van der Waals surface area contributed by atoms with Crippen LogP contribution in [0.3, 0.4) is 0 Å². The summed E-state index contributed by atoms with van der Waals surface area (Å²) in [5, 5.41) is 0. The molecular weight excluding hydrogens is 279 g/mol. The van der Waals surface area contributed by atoms with E-state index >= 15 is 0 Å². The molecular formula is C14H19FN2O2S. The molecule has 0 unspecified atom stereocenters. The van der Waals surface area contributed by atoms with Gasteiger partial charge >= 0.3 is 0 Å². The standard InChI is InChI=1S/C14H19FN2O2S/c1-11-10-13(4-5-14(11)15)20(18,19)17-8-6-16(7-9-17)12-2-3-12/h4-5,10,12H,2-3,6-9H2,1H3. The molecule has 1 saturated heterocycles. The number of sulfonamides is 1. The van der Waals surface area contributed by atoms with Crippen molar-refractivity contribution in [2.24, 2.45) is 0 Å². The number of rotatable bonds is 3. The predicted octanol–water partition coefficient (Wildman–Crippen LogP) is 1.60. The predicted molar refractivity (Wildman–Crippen MR) is 74.5 cm³/mol. The number of halogens is 1. The largest absolute Gasteiger partial charge is 0.298 e. The molecule has 2 aliphatic rings. The fourth-order valence-corrected chi connectivity index (χ4v) is 4.18. The van der Waals surface area contributed by atoms with Crippen LogP contribution in [0, 0.1) is 12.7 Å². The van der Waals surface area contributed by atoms with Gasteiger partial charge in [0.2, 0.25) is 10.0 Å². The number of hydrogen-bond donors (Lipinski definition) is 0. The second-order valence-corrected chi connectivity index (χ2v) is 7.52. The minimum Gasteiger partial charge on any atom is -0.298 e. The van der Waals surface area contributed by atoms with E-state index in [9.17, 15) is 12.8 Å². The van der Waals surface area contributed by atoms with Gasteiger partial charge in [-0.25, -0.2) is 12.8 Å². The van der Waals surface area contributed by atoms with Gasteiger partial charge in [0.15, 0.2) is 0 Å². The van der Waals surface area contributed by atoms with Crippen LogP contribution in [0.5, 0.6) is 0 Å². The van der Waals surface area contributed by atoms with Crippen LogP contribution >= 0.6 is 0 Å². The number of piperazine rings is 1. The summed E-state index contributed by atoms with van der Waals surface area (Å²) in [6.07, 6.45) is 2.48. The van der Waals surface area contributed by atoms with Crippen molar-refractivity contribution in [3.05, 3.63) is 29.6 Å². The Balaban J connectivity index is 1.76. The molecule has 20 heavy (non-hydrogen) atoms. The Kier molecular flexibility index (Phi) is 3.56. The highest BCUT2D eigenvalue weighted by Gasteiger charge is 2.34. The fraction of sp³-hybridized carbons (Fsp3) is 0.571. The summed E-state index contributed by atoms with van der Waals surface area (Å²) in [4.78, 5) is 2.55. The normalized spacial score (nSPS) is 22.1. The highest BCUT2D eigenvalue weighted by Crippen LogP contribution is 2.28. The molecule has 0 N–H and O–H groups in total. The van der Waals surface area contributed by atoms with Gasteiger partial charge in [-0.15, -0.1) is 0 Å². The highest BCUT2D eigenvalue weighted by atomic mass is 32.2. The fourth-order valence-electron chi connectivity index (χ4n) is 2.68. The molecule has 3 rings (SSSR count). The van der Waals surface area contributed by atoms with Gasteiger partial charge in [0.05, 0.1) is 4.90 Å². The van der Waals surface area contributed by atoms with Crippen LogP contribution in [0.1, 0.15) is 18.4 Å². The van der Waals surface area contributed by atoms with E-state index in [0.29, 0.717) is 24.7 Å². The Labute approximate surface area is 119 Å². The van der Waals surface area contributed by atoms with Gasteiger partial charge in [-0.1, -0.05) is 0 Å². The molecule has 2 fully saturated rings. The van der Waals surface area contributed by atoms with Crippen molar-refractivity contribution in [1.82, 2.24) is 9.21 Å². The first-order valence-electron chi connectivity index (χ1n) is 6.99. The average Bonchev–Trinajstić information content (AvgIpc) is 3.26. The molecule has 1 aliphatic carbocycles. The van der Waals surface area contributed by atoms with Gasteiger partial charge in [-0.2, -0.15) is 4.31 Å². The summed E-state index contributed by atoms with van der Waals surface area (Å²) >= 11 is 0. The van der Waals surface area contributed by atoms with Crippen molar-refractivity contribution in [2.75, 3.05) is 26.2 Å². The maximum atomic E-state index is 13.3. The van der Waals surface area contributed by atoms with Gasteiger partial charge < -0.3 is 0 Å². The topological polar surface area (TPSA) is 40.6 Å². The smallest absolute Gasteiger partial charge is 0.243 e. The first-order chi connectivity index (χ1) is 9.48. The molecule has 1 aromatic carbocycles. The Morgan fingerprint density at radius 1 is 1.15 bits per heavy atom. The van der Waals surface area contributed by atoms with Crippen LogP contribution < -0.4 is 0 Å². The van der Waals surface area contributed by atoms with E-state index < -0.39 is 10.0 Å². The second kappa shape index (κ2) is 5.09. The second-order valence-electron chi connectivity index (χ2n) is 5.58. The molecule has 1 aliphatic heterocycles. The summed E-state index contributed by atoms with van der Waals surface area (Å²) in [5.74, 6) is -0.373. The van der Waals surface area contributed by atoms with Crippen LogP contribution in [0.2, 0.25) is 0 Å². The van der Waals surface area contributed by atoms with E-state index in [1.165, 1.54) is 35.3 Å². The SMILES string of the molecule is Cc1cc(S(=O)(=O)N2CCN(C3CC3)CC2)ccc1F. The summed E-state index contributed by atoms with van der Waals surface area (Å²) in [5.41, 5.74) is 0.364. The first-order valence-corrected chi connectivity index (χ1v) is 8.43. The van der Waals surface area contributed by atoms with Crippen molar-refractivity contribution in [2.45, 2.75) is 30.7 Å². The van der Waals surface area contributed by atoms with E-state index in [1.54, 1.807) is 6.92 Å². The van der Waals surface area contributed by atoms with Gasteiger partial charge in [-0.05, 0) is 43.5 Å². The zero-order chi connectivity index (χ0) is 14.3. The van der Waals surface area contributed by atoms with Crippen molar-refractivity contribution < 1.29 is 12.8 Å². The number of benzene rings is 1. The number of hydrogen-bond acceptors (Lipinski definition) is 3. The highest BCUT2D eigenvalue weighted by molar-refractivity contribution is 7.89. The summed E-state index contributed by atoms with van der Waals surface area (Å²) in [6, 6.07) is 4.67. The van der Waals surface area contributed by atoms with Crippen molar-refractivity contribution in [3.63, 3.8) is 0 Å². The molecule has 1 saturated carbocycles. The lowest BCUT2D eigenvalue weighted by Gasteiger charge is -2.34. The van der Waals surface area contributed by atoms with Crippen LogP contribution in [-0.2, 0) is 10.0 Å². The average molecular weight is 298 g/mol. The summed E-state index contributed by atoms with van der Waals surface area (Å²) in [7, 11) is -3.49. The Bertz CT molecular complexity index is 606. The Hall–Kier alpha value is -0.980. The molecule has 1 heterocycles. The lowest BCUT2D eigenvalue weighted by atomic mass is 10.2. The van der Waals surface area contributed by atoms with E-state index in [-0.39, 0.29) is 10.7 Å². The third kappa shape index (κ3) is 2.60. The van der Waals surface area contributed by atoms with E-state index in [0.717, 1.165) is 13.1 Å². The monoisotopic (exact) mass is 298 g/mol. The van der Waals surface area contributed by atoms with Gasteiger partial charge in [-0.3, -0.25) is 4.90 Å². The van der Waals surface area contributed by atoms with Crippen molar-refractivity contribution >= 4 is 10.0 Å². The first kappa shape index (κ1) is 14.0. The Morgan fingerprint density at radius 2 is 1.80 bits per heavy atom. The van der Waals surface area contributed by atoms with E-state index in [1.807, 2.05) is 0 Å². The molecule has 4 nitrogen and oxygen atoms in total. The molecule has 0 atom stereocenters. The quantitative estimate of drug-likeness (QED) is 0.851. The molecule has 1 aromatic rings. The van der Waals surface area contributed by atoms with Crippen molar-refractivity contribution in [1.29, 1.82) is 0 Å². The molecule has 0 radical (unpaired) electrons. The molecule has 0 amide bonds. The van der Waals surface area contributed by atoms with E-state index in [2.05, 4.69) is 4.90 Å². The van der Waals surface area contributed by atoms with Crippen LogP contribution in [0.4, 0.5) is 4.39 Å². The molecule has 0 bridgehead atoms. The summed E-state index contributed by atoms with van der Waals surface area (Å²) < 4.78 is 39.8. The minimum atomic E-state index is -3.49. The summed E-state index contributed by atoms with van der Waals surface area (Å²) in [6.45, 7) is 4.22. The maximum Gasteiger partial charge on any atom is 0.243 e. The third-order valence-corrected chi connectivity index (χ3v) is 6.00. The van der Waals surface area contributed by atoms with Gasteiger partial charge in [0, 0.05) is 32.2 Å². The lowest BCUT2D eigenvalue weighted by molar-refractivity contribution is 0.180. The number of aryl methyl sites for hydroxylation is 1.